The van der Waals surface area contributed by atoms with E-state index in [4.69, 9.17) is 5.73 Å². The predicted octanol–water partition coefficient (Wildman–Crippen LogP) is 0.894. The number of hydrogen-bond acceptors (Lipinski definition) is 3. The van der Waals surface area contributed by atoms with E-state index in [-0.39, 0.29) is 0 Å². The quantitative estimate of drug-likeness (QED) is 0.512. The number of nitrogens with zero attached hydrogens (tertiary/aromatic N) is 1. The Hall–Kier alpha value is -0.220. The van der Waals surface area contributed by atoms with Crippen molar-refractivity contribution in [3.8, 4) is 0 Å². The monoisotopic (exact) mass is 216 g/mol. The Morgan fingerprint density at radius 2 is 2.21 bits per heavy atom. The van der Waals surface area contributed by atoms with Gasteiger partial charge in [-0.15, -0.1) is 0 Å². The van der Waals surface area contributed by atoms with Gasteiger partial charge in [0.15, 0.2) is 0 Å². The van der Waals surface area contributed by atoms with Crippen LogP contribution in [0.1, 0.15) is 25.7 Å². The van der Waals surface area contributed by atoms with Crippen molar-refractivity contribution >= 4 is 18.5 Å². The van der Waals surface area contributed by atoms with Gasteiger partial charge in [-0.25, -0.2) is 0 Å². The lowest BCUT2D eigenvalue weighted by atomic mass is 10.1. The molecule has 0 aromatic rings. The van der Waals surface area contributed by atoms with Gasteiger partial charge >= 0.3 is 0 Å². The molecule has 14 heavy (non-hydrogen) atoms. The van der Waals surface area contributed by atoms with Crippen LogP contribution in [-0.4, -0.2) is 36.2 Å². The fourth-order valence-corrected chi connectivity index (χ4v) is 2.06. The normalized spacial score (nSPS) is 22.0. The number of carbonyl (C=O) groups excluding carboxylic acids is 1. The highest BCUT2D eigenvalue weighted by Crippen LogP contribution is 2.19. The van der Waals surface area contributed by atoms with Gasteiger partial charge in [-0.1, -0.05) is 6.42 Å². The largest absolute Gasteiger partial charge is 0.342 e. The Kier molecular flexibility index (Phi) is 5.33. The van der Waals surface area contributed by atoms with E-state index in [2.05, 4.69) is 12.6 Å². The summed E-state index contributed by atoms with van der Waals surface area (Å²) in [6, 6.07) is 0. The van der Waals surface area contributed by atoms with Gasteiger partial charge in [0.05, 0.1) is 0 Å². The molecule has 82 valence electrons. The molecule has 1 heterocycles. The molecule has 1 aliphatic heterocycles. The smallest absolute Gasteiger partial charge is 0.222 e. The Balaban J connectivity index is 2.15. The maximum absolute atomic E-state index is 11.5. The van der Waals surface area contributed by atoms with E-state index in [9.17, 15) is 4.79 Å². The van der Waals surface area contributed by atoms with Crippen molar-refractivity contribution in [1.29, 1.82) is 0 Å². The molecular formula is C10H20N2OS. The van der Waals surface area contributed by atoms with Crippen LogP contribution in [0.5, 0.6) is 0 Å². The second-order valence-corrected chi connectivity index (χ2v) is 4.31. The van der Waals surface area contributed by atoms with Crippen LogP contribution in [0.2, 0.25) is 0 Å². The summed E-state index contributed by atoms with van der Waals surface area (Å²) in [5.74, 6) is 1.60. The maximum Gasteiger partial charge on any atom is 0.222 e. The minimum absolute atomic E-state index is 0.303. The van der Waals surface area contributed by atoms with E-state index in [0.29, 0.717) is 18.2 Å². The first kappa shape index (κ1) is 11.9. The van der Waals surface area contributed by atoms with Gasteiger partial charge in [-0.3, -0.25) is 4.79 Å². The summed E-state index contributed by atoms with van der Waals surface area (Å²) in [6.07, 6.45) is 3.98. The summed E-state index contributed by atoms with van der Waals surface area (Å²) in [5, 5.41) is 0. The summed E-state index contributed by atoms with van der Waals surface area (Å²) >= 11 is 4.23. The molecule has 1 aliphatic rings. The Morgan fingerprint density at radius 1 is 1.43 bits per heavy atom. The number of amides is 1. The highest BCUT2D eigenvalue weighted by atomic mass is 32.1. The highest BCUT2D eigenvalue weighted by molar-refractivity contribution is 7.80. The van der Waals surface area contributed by atoms with Crippen molar-refractivity contribution in [3.63, 3.8) is 0 Å². The van der Waals surface area contributed by atoms with Crippen LogP contribution >= 0.6 is 12.6 Å². The van der Waals surface area contributed by atoms with Crippen molar-refractivity contribution in [2.45, 2.75) is 25.7 Å². The van der Waals surface area contributed by atoms with Gasteiger partial charge in [0.1, 0.15) is 0 Å². The summed E-state index contributed by atoms with van der Waals surface area (Å²) in [7, 11) is 0. The second kappa shape index (κ2) is 6.30. The second-order valence-electron chi connectivity index (χ2n) is 3.94. The average Bonchev–Trinajstić information content (AvgIpc) is 2.54. The summed E-state index contributed by atoms with van der Waals surface area (Å²) in [5.41, 5.74) is 5.40. The van der Waals surface area contributed by atoms with Gasteiger partial charge < -0.3 is 10.6 Å². The van der Waals surface area contributed by atoms with Crippen LogP contribution in [0, 0.1) is 5.92 Å². The third kappa shape index (κ3) is 3.50. The minimum atomic E-state index is 0.303. The van der Waals surface area contributed by atoms with Gasteiger partial charge in [0.2, 0.25) is 5.91 Å². The van der Waals surface area contributed by atoms with Crippen molar-refractivity contribution in [3.05, 3.63) is 0 Å². The molecule has 1 atom stereocenters. The van der Waals surface area contributed by atoms with Crippen molar-refractivity contribution < 1.29 is 4.79 Å². The number of thiol groups is 1. The molecule has 2 N–H and O–H groups in total. The zero-order valence-corrected chi connectivity index (χ0v) is 9.51. The van der Waals surface area contributed by atoms with E-state index < -0.39 is 0 Å². The summed E-state index contributed by atoms with van der Waals surface area (Å²) < 4.78 is 0. The molecule has 1 amide bonds. The zero-order valence-electron chi connectivity index (χ0n) is 8.61. The fraction of sp³-hybridized carbons (Fsp3) is 0.900. The standard InChI is InChI=1S/C10H20N2OS/c11-4-2-1-3-5-12-7-9(8-14)6-10(12)13/h9,14H,1-8,11H2. The van der Waals surface area contributed by atoms with Crippen molar-refractivity contribution in [2.75, 3.05) is 25.4 Å². The number of hydrogen-bond donors (Lipinski definition) is 2. The Bertz CT molecular complexity index is 187. The predicted molar refractivity (Wildman–Crippen MR) is 61.4 cm³/mol. The molecular weight excluding hydrogens is 196 g/mol. The van der Waals surface area contributed by atoms with Gasteiger partial charge in [-0.05, 0) is 31.1 Å². The molecule has 0 radical (unpaired) electrons. The van der Waals surface area contributed by atoms with Gasteiger partial charge in [0, 0.05) is 19.5 Å². The number of rotatable bonds is 6. The maximum atomic E-state index is 11.5. The van der Waals surface area contributed by atoms with E-state index in [1.165, 1.54) is 0 Å². The minimum Gasteiger partial charge on any atom is -0.342 e. The number of likely N-dealkylation sites (tertiary alicyclic amines) is 1. The Morgan fingerprint density at radius 3 is 2.79 bits per heavy atom. The molecule has 3 nitrogen and oxygen atoms in total. The fourth-order valence-electron chi connectivity index (χ4n) is 1.82. The Labute approximate surface area is 91.4 Å². The molecule has 0 spiro atoms. The zero-order chi connectivity index (χ0) is 10.4. The summed E-state index contributed by atoms with van der Waals surface area (Å²) in [6.45, 7) is 2.57. The molecule has 0 bridgehead atoms. The van der Waals surface area contributed by atoms with E-state index in [1.54, 1.807) is 0 Å². The average molecular weight is 216 g/mol. The van der Waals surface area contributed by atoms with Crippen LogP contribution in [0.25, 0.3) is 0 Å². The van der Waals surface area contributed by atoms with Crippen molar-refractivity contribution in [2.24, 2.45) is 11.7 Å². The van der Waals surface area contributed by atoms with Crippen LogP contribution in [0.3, 0.4) is 0 Å². The first-order valence-electron chi connectivity index (χ1n) is 5.36. The number of unbranched alkanes of at least 4 members (excludes halogenated alkanes) is 2. The SMILES string of the molecule is NCCCCCN1CC(CS)CC1=O. The third-order valence-electron chi connectivity index (χ3n) is 2.68. The molecule has 1 unspecified atom stereocenters. The van der Waals surface area contributed by atoms with Gasteiger partial charge in [0.25, 0.3) is 0 Å². The highest BCUT2D eigenvalue weighted by Gasteiger charge is 2.27. The molecule has 1 fully saturated rings. The molecule has 1 saturated heterocycles. The molecule has 4 heteroatoms. The molecule has 0 aliphatic carbocycles. The van der Waals surface area contributed by atoms with Crippen LogP contribution in [-0.2, 0) is 4.79 Å². The van der Waals surface area contributed by atoms with Crippen LogP contribution in [0.15, 0.2) is 0 Å². The topological polar surface area (TPSA) is 46.3 Å². The first-order chi connectivity index (χ1) is 6.77. The molecule has 1 rings (SSSR count). The van der Waals surface area contributed by atoms with Crippen LogP contribution in [0.4, 0.5) is 0 Å². The number of nitrogens with two attached hydrogens (primary N) is 1. The lowest BCUT2D eigenvalue weighted by Gasteiger charge is -2.15. The van der Waals surface area contributed by atoms with Crippen molar-refractivity contribution in [1.82, 2.24) is 4.90 Å². The molecule has 0 saturated carbocycles. The van der Waals surface area contributed by atoms with Gasteiger partial charge in [-0.2, -0.15) is 12.6 Å². The molecule has 0 aromatic carbocycles. The van der Waals surface area contributed by atoms with E-state index in [1.807, 2.05) is 4.90 Å². The first-order valence-corrected chi connectivity index (χ1v) is 6.00. The van der Waals surface area contributed by atoms with E-state index in [0.717, 1.165) is 44.6 Å². The van der Waals surface area contributed by atoms with Crippen LogP contribution < -0.4 is 5.73 Å². The lowest BCUT2D eigenvalue weighted by Crippen LogP contribution is -2.26. The third-order valence-corrected chi connectivity index (χ3v) is 3.20. The molecule has 0 aromatic heterocycles. The number of carbonyl (C=O) groups is 1. The lowest BCUT2D eigenvalue weighted by molar-refractivity contribution is -0.127. The van der Waals surface area contributed by atoms with E-state index >= 15 is 0 Å². The summed E-state index contributed by atoms with van der Waals surface area (Å²) in [4.78, 5) is 13.4.